The standard InChI is InChI=1S/C15H11ClF2O2/c16-11-2-1-3-13(8-11)20-9-12(19)6-10-4-5-14(17)15(18)7-10/h1-5,7-8H,6,9H2. The monoisotopic (exact) mass is 296 g/mol. The van der Waals surface area contributed by atoms with E-state index >= 15 is 0 Å². The fourth-order valence-electron chi connectivity index (χ4n) is 1.65. The van der Waals surface area contributed by atoms with Crippen LogP contribution in [-0.4, -0.2) is 12.4 Å². The van der Waals surface area contributed by atoms with E-state index in [4.69, 9.17) is 16.3 Å². The molecule has 2 aromatic rings. The summed E-state index contributed by atoms with van der Waals surface area (Å²) in [6, 6.07) is 10.0. The quantitative estimate of drug-likeness (QED) is 0.838. The van der Waals surface area contributed by atoms with Gasteiger partial charge in [-0.3, -0.25) is 4.79 Å². The molecule has 20 heavy (non-hydrogen) atoms. The van der Waals surface area contributed by atoms with Gasteiger partial charge < -0.3 is 4.74 Å². The molecule has 0 saturated carbocycles. The number of rotatable bonds is 5. The number of carbonyl (C=O) groups excluding carboxylic acids is 1. The zero-order chi connectivity index (χ0) is 14.5. The molecule has 0 atom stereocenters. The van der Waals surface area contributed by atoms with Gasteiger partial charge in [0.15, 0.2) is 17.4 Å². The predicted octanol–water partition coefficient (Wildman–Crippen LogP) is 3.81. The third-order valence-electron chi connectivity index (χ3n) is 2.58. The largest absolute Gasteiger partial charge is 0.486 e. The molecular weight excluding hydrogens is 286 g/mol. The summed E-state index contributed by atoms with van der Waals surface area (Å²) in [4.78, 5) is 11.7. The molecule has 0 radical (unpaired) electrons. The van der Waals surface area contributed by atoms with E-state index in [1.165, 1.54) is 6.07 Å². The van der Waals surface area contributed by atoms with Crippen LogP contribution in [0.3, 0.4) is 0 Å². The van der Waals surface area contributed by atoms with Gasteiger partial charge in [-0.05, 0) is 35.9 Å². The summed E-state index contributed by atoms with van der Waals surface area (Å²) in [5.74, 6) is -1.66. The van der Waals surface area contributed by atoms with Crippen molar-refractivity contribution in [3.05, 3.63) is 64.7 Å². The molecule has 0 unspecified atom stereocenters. The van der Waals surface area contributed by atoms with Crippen LogP contribution in [0.5, 0.6) is 5.75 Å². The lowest BCUT2D eigenvalue weighted by atomic mass is 10.1. The van der Waals surface area contributed by atoms with Crippen LogP contribution in [0.25, 0.3) is 0 Å². The second kappa shape index (κ2) is 6.48. The van der Waals surface area contributed by atoms with Crippen molar-refractivity contribution in [2.45, 2.75) is 6.42 Å². The lowest BCUT2D eigenvalue weighted by Crippen LogP contribution is -2.14. The maximum Gasteiger partial charge on any atom is 0.174 e. The van der Waals surface area contributed by atoms with Crippen LogP contribution in [0.1, 0.15) is 5.56 Å². The van der Waals surface area contributed by atoms with E-state index < -0.39 is 11.6 Å². The highest BCUT2D eigenvalue weighted by Crippen LogP contribution is 2.17. The summed E-state index contributed by atoms with van der Waals surface area (Å²) < 4.78 is 31.0. The van der Waals surface area contributed by atoms with Gasteiger partial charge in [0.25, 0.3) is 0 Å². The molecule has 0 heterocycles. The average Bonchev–Trinajstić information content (AvgIpc) is 2.41. The van der Waals surface area contributed by atoms with Crippen LogP contribution in [0, 0.1) is 11.6 Å². The van der Waals surface area contributed by atoms with Gasteiger partial charge in [0.05, 0.1) is 0 Å². The summed E-state index contributed by atoms with van der Waals surface area (Å²) >= 11 is 5.78. The first-order valence-corrected chi connectivity index (χ1v) is 6.26. The van der Waals surface area contributed by atoms with Gasteiger partial charge in [-0.2, -0.15) is 0 Å². The summed E-state index contributed by atoms with van der Waals surface area (Å²) in [6.45, 7) is -0.153. The molecule has 0 aliphatic heterocycles. The van der Waals surface area contributed by atoms with Gasteiger partial charge in [0.2, 0.25) is 0 Å². The van der Waals surface area contributed by atoms with Gasteiger partial charge in [-0.25, -0.2) is 8.78 Å². The van der Waals surface area contributed by atoms with E-state index in [1.807, 2.05) is 0 Å². The van der Waals surface area contributed by atoms with Crippen molar-refractivity contribution in [2.75, 3.05) is 6.61 Å². The van der Waals surface area contributed by atoms with E-state index in [0.717, 1.165) is 12.1 Å². The Hall–Kier alpha value is -1.94. The minimum Gasteiger partial charge on any atom is -0.486 e. The Morgan fingerprint density at radius 3 is 2.60 bits per heavy atom. The van der Waals surface area contributed by atoms with Crippen LogP contribution in [0.2, 0.25) is 5.02 Å². The second-order valence-electron chi connectivity index (χ2n) is 4.21. The Balaban J connectivity index is 1.91. The predicted molar refractivity (Wildman–Crippen MR) is 72.0 cm³/mol. The highest BCUT2D eigenvalue weighted by molar-refractivity contribution is 6.30. The van der Waals surface area contributed by atoms with E-state index in [-0.39, 0.29) is 18.8 Å². The Morgan fingerprint density at radius 1 is 1.10 bits per heavy atom. The number of halogens is 3. The van der Waals surface area contributed by atoms with Crippen molar-refractivity contribution in [1.82, 2.24) is 0 Å². The van der Waals surface area contributed by atoms with Gasteiger partial charge >= 0.3 is 0 Å². The number of Topliss-reactive ketones (excluding diaryl/α,β-unsaturated/α-hetero) is 1. The zero-order valence-corrected chi connectivity index (χ0v) is 11.2. The molecule has 0 spiro atoms. The van der Waals surface area contributed by atoms with Crippen molar-refractivity contribution in [3.63, 3.8) is 0 Å². The minimum absolute atomic E-state index is 0.0161. The summed E-state index contributed by atoms with van der Waals surface area (Å²) in [6.07, 6.45) is -0.0161. The molecular formula is C15H11ClF2O2. The van der Waals surface area contributed by atoms with Crippen LogP contribution in [0.15, 0.2) is 42.5 Å². The zero-order valence-electron chi connectivity index (χ0n) is 10.4. The first-order chi connectivity index (χ1) is 9.54. The lowest BCUT2D eigenvalue weighted by Gasteiger charge is -2.06. The number of ether oxygens (including phenoxy) is 1. The lowest BCUT2D eigenvalue weighted by molar-refractivity contribution is -0.120. The fourth-order valence-corrected chi connectivity index (χ4v) is 1.83. The Labute approximate surface area is 119 Å². The highest BCUT2D eigenvalue weighted by atomic mass is 35.5. The molecule has 0 amide bonds. The van der Waals surface area contributed by atoms with E-state index in [0.29, 0.717) is 16.3 Å². The smallest absolute Gasteiger partial charge is 0.174 e. The second-order valence-corrected chi connectivity index (χ2v) is 4.65. The summed E-state index contributed by atoms with van der Waals surface area (Å²) in [5, 5.41) is 0.510. The molecule has 104 valence electrons. The molecule has 2 aromatic carbocycles. The molecule has 0 saturated heterocycles. The van der Waals surface area contributed by atoms with Gasteiger partial charge in [0, 0.05) is 11.4 Å². The number of ketones is 1. The molecule has 5 heteroatoms. The maximum atomic E-state index is 13.0. The number of benzene rings is 2. The fraction of sp³-hybridized carbons (Fsp3) is 0.133. The molecule has 0 N–H and O–H groups in total. The van der Waals surface area contributed by atoms with Gasteiger partial charge in [0.1, 0.15) is 12.4 Å². The minimum atomic E-state index is -0.967. The van der Waals surface area contributed by atoms with E-state index in [2.05, 4.69) is 0 Å². The Bertz CT molecular complexity index is 629. The van der Waals surface area contributed by atoms with Crippen LogP contribution in [-0.2, 0) is 11.2 Å². The molecule has 2 rings (SSSR count). The van der Waals surface area contributed by atoms with Crippen LogP contribution in [0.4, 0.5) is 8.78 Å². The normalized spacial score (nSPS) is 10.3. The van der Waals surface area contributed by atoms with Crippen molar-refractivity contribution in [3.8, 4) is 5.75 Å². The van der Waals surface area contributed by atoms with Gasteiger partial charge in [-0.1, -0.05) is 23.7 Å². The molecule has 0 fully saturated rings. The molecule has 0 aliphatic rings. The Morgan fingerprint density at radius 2 is 1.90 bits per heavy atom. The highest BCUT2D eigenvalue weighted by Gasteiger charge is 2.08. The first kappa shape index (κ1) is 14.5. The first-order valence-electron chi connectivity index (χ1n) is 5.88. The van der Waals surface area contributed by atoms with Crippen molar-refractivity contribution < 1.29 is 18.3 Å². The van der Waals surface area contributed by atoms with E-state index in [9.17, 15) is 13.6 Å². The third-order valence-corrected chi connectivity index (χ3v) is 2.82. The molecule has 0 aliphatic carbocycles. The summed E-state index contributed by atoms with van der Waals surface area (Å²) in [7, 11) is 0. The molecule has 0 bridgehead atoms. The SMILES string of the molecule is O=C(COc1cccc(Cl)c1)Cc1ccc(F)c(F)c1. The molecule has 0 aromatic heterocycles. The number of carbonyl (C=O) groups is 1. The van der Waals surface area contributed by atoms with Crippen molar-refractivity contribution >= 4 is 17.4 Å². The maximum absolute atomic E-state index is 13.0. The topological polar surface area (TPSA) is 26.3 Å². The van der Waals surface area contributed by atoms with Crippen molar-refractivity contribution in [1.29, 1.82) is 0 Å². The average molecular weight is 297 g/mol. The molecule has 2 nitrogen and oxygen atoms in total. The Kier molecular flexibility index (Phi) is 4.69. The van der Waals surface area contributed by atoms with Crippen LogP contribution >= 0.6 is 11.6 Å². The number of hydrogen-bond acceptors (Lipinski definition) is 2. The van der Waals surface area contributed by atoms with Gasteiger partial charge in [-0.15, -0.1) is 0 Å². The summed E-state index contributed by atoms with van der Waals surface area (Å²) in [5.41, 5.74) is 0.406. The third kappa shape index (κ3) is 4.03. The van der Waals surface area contributed by atoms with Crippen LogP contribution < -0.4 is 4.74 Å². The number of hydrogen-bond donors (Lipinski definition) is 0. The van der Waals surface area contributed by atoms with E-state index in [1.54, 1.807) is 24.3 Å². The van der Waals surface area contributed by atoms with Crippen molar-refractivity contribution in [2.24, 2.45) is 0 Å².